The molecule has 0 saturated carbocycles. The average molecular weight is 532 g/mol. The van der Waals surface area contributed by atoms with Gasteiger partial charge >= 0.3 is 0 Å². The summed E-state index contributed by atoms with van der Waals surface area (Å²) >= 11 is 1.49. The molecule has 4 rings (SSSR count). The van der Waals surface area contributed by atoms with Gasteiger partial charge in [-0.2, -0.15) is 0 Å². The summed E-state index contributed by atoms with van der Waals surface area (Å²) in [6.07, 6.45) is 2.07. The van der Waals surface area contributed by atoms with Gasteiger partial charge in [0, 0.05) is 22.0 Å². The Morgan fingerprint density at radius 2 is 1.60 bits per heavy atom. The number of amides is 1. The van der Waals surface area contributed by atoms with E-state index in [0.717, 1.165) is 35.7 Å². The second-order valence-electron chi connectivity index (χ2n) is 8.38. The van der Waals surface area contributed by atoms with E-state index in [0.29, 0.717) is 29.3 Å². The number of hydrogen-bond donors (Lipinski definition) is 3. The standard InChI is InChI=1S/C26H29N3O3S2.ClH/c30-26(28-18-20-13-15-27-16-14-20)24-17-22(11-12-25(24)33-23-9-5-2-6-10-23)29-34(31,32)19-21-7-3-1-4-8-21;/h1-12,17,20,27,29H,13-16,18-19H2,(H,28,30);1H. The fraction of sp³-hybridized carbons (Fsp3) is 0.269. The molecule has 3 aromatic rings. The molecule has 1 aliphatic rings. The minimum absolute atomic E-state index is 0. The molecule has 35 heavy (non-hydrogen) atoms. The van der Waals surface area contributed by atoms with Crippen LogP contribution in [-0.2, 0) is 15.8 Å². The van der Waals surface area contributed by atoms with E-state index in [-0.39, 0.29) is 24.1 Å². The van der Waals surface area contributed by atoms with Gasteiger partial charge in [0.25, 0.3) is 5.91 Å². The van der Waals surface area contributed by atoms with Crippen molar-refractivity contribution in [3.63, 3.8) is 0 Å². The van der Waals surface area contributed by atoms with Crippen molar-refractivity contribution in [2.75, 3.05) is 24.4 Å². The molecular weight excluding hydrogens is 502 g/mol. The summed E-state index contributed by atoms with van der Waals surface area (Å²) in [5, 5.41) is 6.40. The van der Waals surface area contributed by atoms with Crippen LogP contribution in [0.5, 0.6) is 0 Å². The minimum Gasteiger partial charge on any atom is -0.352 e. The third-order valence-corrected chi connectivity index (χ3v) is 8.02. The number of sulfonamides is 1. The summed E-state index contributed by atoms with van der Waals surface area (Å²) in [6, 6.07) is 24.0. The monoisotopic (exact) mass is 531 g/mol. The maximum Gasteiger partial charge on any atom is 0.252 e. The van der Waals surface area contributed by atoms with Gasteiger partial charge in [-0.1, -0.05) is 60.3 Å². The molecule has 0 aromatic heterocycles. The fourth-order valence-corrected chi connectivity index (χ4v) is 6.04. The van der Waals surface area contributed by atoms with E-state index in [1.54, 1.807) is 30.3 Å². The van der Waals surface area contributed by atoms with Crippen molar-refractivity contribution in [1.82, 2.24) is 10.6 Å². The molecule has 0 atom stereocenters. The molecule has 0 bridgehead atoms. The number of carbonyl (C=O) groups is 1. The van der Waals surface area contributed by atoms with E-state index in [2.05, 4.69) is 15.4 Å². The van der Waals surface area contributed by atoms with Crippen LogP contribution in [-0.4, -0.2) is 34.0 Å². The van der Waals surface area contributed by atoms with Crippen molar-refractivity contribution in [2.45, 2.75) is 28.4 Å². The second kappa shape index (κ2) is 13.0. The van der Waals surface area contributed by atoms with E-state index >= 15 is 0 Å². The molecule has 186 valence electrons. The molecule has 9 heteroatoms. The topological polar surface area (TPSA) is 87.3 Å². The Morgan fingerprint density at radius 1 is 0.943 bits per heavy atom. The van der Waals surface area contributed by atoms with Gasteiger partial charge in [0.2, 0.25) is 10.0 Å². The van der Waals surface area contributed by atoms with E-state index in [4.69, 9.17) is 0 Å². The molecule has 6 nitrogen and oxygen atoms in total. The highest BCUT2D eigenvalue weighted by molar-refractivity contribution is 7.99. The lowest BCUT2D eigenvalue weighted by molar-refractivity contribution is 0.0941. The lowest BCUT2D eigenvalue weighted by Crippen LogP contribution is -2.36. The third kappa shape index (κ3) is 8.28. The van der Waals surface area contributed by atoms with Gasteiger partial charge in [-0.05, 0) is 67.7 Å². The Morgan fingerprint density at radius 3 is 2.29 bits per heavy atom. The number of piperidine rings is 1. The molecule has 0 radical (unpaired) electrons. The van der Waals surface area contributed by atoms with Crippen LogP contribution >= 0.6 is 24.2 Å². The van der Waals surface area contributed by atoms with Crippen molar-refractivity contribution < 1.29 is 13.2 Å². The first-order chi connectivity index (χ1) is 16.5. The Bertz CT molecular complexity index is 1200. The molecule has 1 saturated heterocycles. The second-order valence-corrected chi connectivity index (χ2v) is 11.2. The van der Waals surface area contributed by atoms with Crippen LogP contribution in [0.25, 0.3) is 0 Å². The largest absolute Gasteiger partial charge is 0.352 e. The SMILES string of the molecule is Cl.O=C(NCC1CCNCC1)c1cc(NS(=O)(=O)Cc2ccccc2)ccc1Sc1ccccc1. The molecule has 0 aliphatic carbocycles. The highest BCUT2D eigenvalue weighted by atomic mass is 35.5. The highest BCUT2D eigenvalue weighted by Gasteiger charge is 2.19. The van der Waals surface area contributed by atoms with E-state index < -0.39 is 10.0 Å². The zero-order valence-corrected chi connectivity index (χ0v) is 21.7. The summed E-state index contributed by atoms with van der Waals surface area (Å²) < 4.78 is 28.1. The molecule has 3 N–H and O–H groups in total. The molecule has 0 spiro atoms. The van der Waals surface area contributed by atoms with Gasteiger partial charge < -0.3 is 10.6 Å². The Kier molecular flexibility index (Phi) is 10.0. The summed E-state index contributed by atoms with van der Waals surface area (Å²) in [4.78, 5) is 15.0. The van der Waals surface area contributed by atoms with Gasteiger partial charge in [-0.25, -0.2) is 8.42 Å². The summed E-state index contributed by atoms with van der Waals surface area (Å²) in [7, 11) is -3.63. The van der Waals surface area contributed by atoms with Crippen LogP contribution < -0.4 is 15.4 Å². The Hall–Kier alpha value is -2.52. The summed E-state index contributed by atoms with van der Waals surface area (Å²) in [5.41, 5.74) is 1.54. The van der Waals surface area contributed by atoms with Gasteiger partial charge in [-0.15, -0.1) is 12.4 Å². The summed E-state index contributed by atoms with van der Waals surface area (Å²) in [6.45, 7) is 2.54. The lowest BCUT2D eigenvalue weighted by atomic mass is 9.98. The van der Waals surface area contributed by atoms with Crippen LogP contribution in [0.1, 0.15) is 28.8 Å². The average Bonchev–Trinajstić information content (AvgIpc) is 2.85. The van der Waals surface area contributed by atoms with Crippen molar-refractivity contribution in [2.24, 2.45) is 5.92 Å². The molecule has 1 fully saturated rings. The smallest absolute Gasteiger partial charge is 0.252 e. The first-order valence-electron chi connectivity index (χ1n) is 11.4. The van der Waals surface area contributed by atoms with Crippen molar-refractivity contribution in [1.29, 1.82) is 0 Å². The first-order valence-corrected chi connectivity index (χ1v) is 13.9. The number of halogens is 1. The lowest BCUT2D eigenvalue weighted by Gasteiger charge is -2.23. The number of rotatable bonds is 9. The van der Waals surface area contributed by atoms with Crippen LogP contribution in [0.15, 0.2) is 88.7 Å². The van der Waals surface area contributed by atoms with E-state index in [1.165, 1.54) is 11.8 Å². The third-order valence-electron chi connectivity index (χ3n) is 5.68. The minimum atomic E-state index is -3.63. The Labute approximate surface area is 217 Å². The van der Waals surface area contributed by atoms with Crippen molar-refractivity contribution in [3.8, 4) is 0 Å². The first kappa shape index (κ1) is 27.1. The van der Waals surface area contributed by atoms with Gasteiger partial charge in [0.05, 0.1) is 11.3 Å². The van der Waals surface area contributed by atoms with Crippen LogP contribution in [0.2, 0.25) is 0 Å². The normalized spacial score (nSPS) is 14.1. The number of hydrogen-bond acceptors (Lipinski definition) is 5. The highest BCUT2D eigenvalue weighted by Crippen LogP contribution is 2.32. The number of anilines is 1. The number of carbonyl (C=O) groups excluding carboxylic acids is 1. The molecule has 3 aromatic carbocycles. The van der Waals surface area contributed by atoms with E-state index in [1.807, 2.05) is 48.5 Å². The maximum atomic E-state index is 13.2. The van der Waals surface area contributed by atoms with Gasteiger partial charge in [-0.3, -0.25) is 9.52 Å². The molecule has 1 amide bonds. The number of benzene rings is 3. The zero-order chi connectivity index (χ0) is 23.8. The van der Waals surface area contributed by atoms with Crippen molar-refractivity contribution in [3.05, 3.63) is 90.0 Å². The van der Waals surface area contributed by atoms with E-state index in [9.17, 15) is 13.2 Å². The zero-order valence-electron chi connectivity index (χ0n) is 19.3. The molecule has 1 aliphatic heterocycles. The van der Waals surface area contributed by atoms with Crippen LogP contribution in [0.4, 0.5) is 5.69 Å². The van der Waals surface area contributed by atoms with Gasteiger partial charge in [0.15, 0.2) is 0 Å². The maximum absolute atomic E-state index is 13.2. The van der Waals surface area contributed by atoms with Gasteiger partial charge in [0.1, 0.15) is 0 Å². The fourth-order valence-electron chi connectivity index (χ4n) is 3.90. The predicted molar refractivity (Wildman–Crippen MR) is 145 cm³/mol. The molecule has 0 unspecified atom stereocenters. The molecule has 1 heterocycles. The van der Waals surface area contributed by atoms with Crippen LogP contribution in [0, 0.1) is 5.92 Å². The van der Waals surface area contributed by atoms with Crippen LogP contribution in [0.3, 0.4) is 0 Å². The predicted octanol–water partition coefficient (Wildman–Crippen LogP) is 4.93. The Balaban J connectivity index is 0.00000342. The quantitative estimate of drug-likeness (QED) is 0.364. The molecular formula is C26H30ClN3O3S2. The van der Waals surface area contributed by atoms with Crippen molar-refractivity contribution >= 4 is 45.8 Å². The summed E-state index contributed by atoms with van der Waals surface area (Å²) in [5.74, 6) is 0.120. The number of nitrogens with one attached hydrogen (secondary N) is 3.